The van der Waals surface area contributed by atoms with Gasteiger partial charge in [-0.25, -0.2) is 9.59 Å². The number of hydrogen-bond donors (Lipinski definition) is 5. The molecule has 240 valence electrons. The summed E-state index contributed by atoms with van der Waals surface area (Å²) in [6, 6.07) is -1.90. The fraction of sp³-hybridized carbons (Fsp3) is 0.759. The molecule has 1 rings (SSSR count). The van der Waals surface area contributed by atoms with Crippen molar-refractivity contribution < 1.29 is 38.6 Å². The summed E-state index contributed by atoms with van der Waals surface area (Å²) in [5, 5.41) is 20.4. The van der Waals surface area contributed by atoms with Gasteiger partial charge in [0.1, 0.15) is 23.8 Å². The Labute approximate surface area is 249 Å². The SMILES string of the molecule is C=CCNC(=O)C(O)CNC(=O)[C@@H]1CC(C(C)C)CN1C(=O)[C@H](CCCOC(=O)NCCCC)NC(=O)OC(C)(C)C. The molecule has 13 heteroatoms. The highest BCUT2D eigenvalue weighted by molar-refractivity contribution is 5.92. The van der Waals surface area contributed by atoms with Gasteiger partial charge in [0.25, 0.3) is 5.91 Å². The fourth-order valence-corrected chi connectivity index (χ4v) is 4.32. The molecule has 4 atom stereocenters. The summed E-state index contributed by atoms with van der Waals surface area (Å²) in [6.45, 7) is 15.3. The average Bonchev–Trinajstić information content (AvgIpc) is 3.36. The number of aliphatic hydroxyl groups is 1. The lowest BCUT2D eigenvalue weighted by Crippen LogP contribution is -2.55. The van der Waals surface area contributed by atoms with Crippen LogP contribution in [-0.2, 0) is 23.9 Å². The Bertz CT molecular complexity index is 920. The van der Waals surface area contributed by atoms with Crippen molar-refractivity contribution in [3.05, 3.63) is 12.7 Å². The van der Waals surface area contributed by atoms with Crippen LogP contribution in [0.25, 0.3) is 0 Å². The third-order valence-electron chi connectivity index (χ3n) is 6.71. The van der Waals surface area contributed by atoms with Crippen molar-refractivity contribution in [2.75, 3.05) is 32.8 Å². The summed E-state index contributed by atoms with van der Waals surface area (Å²) < 4.78 is 10.6. The van der Waals surface area contributed by atoms with E-state index in [0.29, 0.717) is 19.5 Å². The third kappa shape index (κ3) is 13.5. The molecule has 0 bridgehead atoms. The van der Waals surface area contributed by atoms with Crippen molar-refractivity contribution >= 4 is 29.9 Å². The van der Waals surface area contributed by atoms with Crippen LogP contribution in [0.2, 0.25) is 0 Å². The molecule has 0 aliphatic carbocycles. The lowest BCUT2D eigenvalue weighted by atomic mass is 9.93. The number of nitrogens with zero attached hydrogens (tertiary/aromatic N) is 1. The minimum atomic E-state index is -1.47. The topological polar surface area (TPSA) is 175 Å². The summed E-state index contributed by atoms with van der Waals surface area (Å²) in [5.74, 6) is -1.45. The molecule has 0 aromatic heterocycles. The van der Waals surface area contributed by atoms with Gasteiger partial charge in [-0.3, -0.25) is 14.4 Å². The van der Waals surface area contributed by atoms with Crippen LogP contribution in [0.5, 0.6) is 0 Å². The van der Waals surface area contributed by atoms with Crippen LogP contribution in [0.3, 0.4) is 0 Å². The van der Waals surface area contributed by atoms with Crippen LogP contribution >= 0.6 is 0 Å². The van der Waals surface area contributed by atoms with Gasteiger partial charge in [-0.15, -0.1) is 6.58 Å². The number of ether oxygens (including phenoxy) is 2. The van der Waals surface area contributed by atoms with Crippen molar-refractivity contribution in [2.24, 2.45) is 11.8 Å². The molecule has 13 nitrogen and oxygen atoms in total. The number of amides is 5. The lowest BCUT2D eigenvalue weighted by molar-refractivity contribution is -0.140. The van der Waals surface area contributed by atoms with Gasteiger partial charge in [0, 0.05) is 19.6 Å². The van der Waals surface area contributed by atoms with E-state index in [1.165, 1.54) is 11.0 Å². The molecular weight excluding hydrogens is 546 g/mol. The Hall–Kier alpha value is -3.35. The maximum atomic E-state index is 13.8. The van der Waals surface area contributed by atoms with Crippen molar-refractivity contribution in [3.8, 4) is 0 Å². The summed E-state index contributed by atoms with van der Waals surface area (Å²) in [7, 11) is 0. The molecule has 5 amide bonds. The number of likely N-dealkylation sites (tertiary alicyclic amines) is 1. The number of aliphatic hydroxyl groups excluding tert-OH is 1. The monoisotopic (exact) mass is 597 g/mol. The van der Waals surface area contributed by atoms with E-state index in [1.807, 2.05) is 20.8 Å². The quantitative estimate of drug-likeness (QED) is 0.132. The highest BCUT2D eigenvalue weighted by atomic mass is 16.6. The smallest absolute Gasteiger partial charge is 0.408 e. The molecule has 2 unspecified atom stereocenters. The van der Waals surface area contributed by atoms with Gasteiger partial charge in [-0.1, -0.05) is 33.3 Å². The Morgan fingerprint density at radius 1 is 1.07 bits per heavy atom. The Morgan fingerprint density at radius 2 is 1.76 bits per heavy atom. The Balaban J connectivity index is 2.99. The van der Waals surface area contributed by atoms with Gasteiger partial charge < -0.3 is 40.7 Å². The summed E-state index contributed by atoms with van der Waals surface area (Å²) in [4.78, 5) is 64.9. The molecular formula is C29H51N5O8. The zero-order valence-electron chi connectivity index (χ0n) is 26.0. The van der Waals surface area contributed by atoms with Gasteiger partial charge in [0.15, 0.2) is 0 Å². The molecule has 1 saturated heterocycles. The molecule has 1 fully saturated rings. The minimum Gasteiger partial charge on any atom is -0.450 e. The second-order valence-electron chi connectivity index (χ2n) is 11.8. The van der Waals surface area contributed by atoms with Crippen LogP contribution in [0, 0.1) is 11.8 Å². The molecule has 5 N–H and O–H groups in total. The predicted octanol–water partition coefficient (Wildman–Crippen LogP) is 1.84. The number of unbranched alkanes of at least 4 members (excludes halogenated alkanes) is 1. The number of carbonyl (C=O) groups excluding carboxylic acids is 5. The van der Waals surface area contributed by atoms with Crippen LogP contribution < -0.4 is 21.3 Å². The first-order chi connectivity index (χ1) is 19.7. The molecule has 0 radical (unpaired) electrons. The van der Waals surface area contributed by atoms with E-state index in [2.05, 4.69) is 27.8 Å². The summed E-state index contributed by atoms with van der Waals surface area (Å²) in [5.41, 5.74) is -0.797. The molecule has 42 heavy (non-hydrogen) atoms. The van der Waals surface area contributed by atoms with Crippen molar-refractivity contribution in [3.63, 3.8) is 0 Å². The number of rotatable bonds is 16. The van der Waals surface area contributed by atoms with Crippen LogP contribution in [-0.4, -0.2) is 96.5 Å². The maximum Gasteiger partial charge on any atom is 0.408 e. The van der Waals surface area contributed by atoms with E-state index >= 15 is 0 Å². The Morgan fingerprint density at radius 3 is 2.36 bits per heavy atom. The van der Waals surface area contributed by atoms with E-state index < -0.39 is 53.7 Å². The first-order valence-electron chi connectivity index (χ1n) is 14.7. The molecule has 0 aromatic rings. The van der Waals surface area contributed by atoms with Crippen molar-refractivity contribution in [1.29, 1.82) is 0 Å². The maximum absolute atomic E-state index is 13.8. The van der Waals surface area contributed by atoms with Gasteiger partial charge in [0.05, 0.1) is 13.2 Å². The molecule has 0 aromatic carbocycles. The van der Waals surface area contributed by atoms with Crippen LogP contribution in [0.4, 0.5) is 9.59 Å². The largest absolute Gasteiger partial charge is 0.450 e. The van der Waals surface area contributed by atoms with Crippen LogP contribution in [0.1, 0.15) is 73.6 Å². The summed E-state index contributed by atoms with van der Waals surface area (Å²) >= 11 is 0. The minimum absolute atomic E-state index is 0.0165. The zero-order chi connectivity index (χ0) is 31.9. The average molecular weight is 598 g/mol. The van der Waals surface area contributed by atoms with Gasteiger partial charge in [-0.05, 0) is 58.3 Å². The normalized spacial score (nSPS) is 18.0. The second-order valence-corrected chi connectivity index (χ2v) is 11.8. The van der Waals surface area contributed by atoms with Crippen molar-refractivity contribution in [2.45, 2.75) is 97.4 Å². The van der Waals surface area contributed by atoms with Crippen LogP contribution in [0.15, 0.2) is 12.7 Å². The first kappa shape index (κ1) is 36.7. The van der Waals surface area contributed by atoms with Gasteiger partial charge in [0.2, 0.25) is 11.8 Å². The van der Waals surface area contributed by atoms with E-state index in [4.69, 9.17) is 9.47 Å². The first-order valence-corrected chi connectivity index (χ1v) is 14.7. The van der Waals surface area contributed by atoms with Gasteiger partial charge in [-0.2, -0.15) is 0 Å². The fourth-order valence-electron chi connectivity index (χ4n) is 4.32. The standard InChI is InChI=1S/C29H51N5O8/c1-8-10-14-31-27(39)41-15-11-12-21(33-28(40)42-29(5,6)7)26(38)34-18-20(19(3)4)16-22(34)24(36)32-17-23(35)25(37)30-13-9-2/h9,19-23,35H,2,8,10-18H2,1,3-7H3,(H,30,37)(H,31,39)(H,32,36)(H,33,40)/t20?,21-,22-,23?/m0/s1. The number of nitrogens with one attached hydrogen (secondary N) is 4. The van der Waals surface area contributed by atoms with E-state index in [-0.39, 0.29) is 44.4 Å². The molecule has 1 heterocycles. The number of carbonyl (C=O) groups is 5. The lowest BCUT2D eigenvalue weighted by Gasteiger charge is -2.30. The second kappa shape index (κ2) is 18.2. The highest BCUT2D eigenvalue weighted by Gasteiger charge is 2.43. The van der Waals surface area contributed by atoms with Gasteiger partial charge >= 0.3 is 12.2 Å². The molecule has 1 aliphatic heterocycles. The Kier molecular flexibility index (Phi) is 15.9. The highest BCUT2D eigenvalue weighted by Crippen LogP contribution is 2.30. The number of alkyl carbamates (subject to hydrolysis) is 2. The third-order valence-corrected chi connectivity index (χ3v) is 6.71. The number of hydrogen-bond acceptors (Lipinski definition) is 8. The zero-order valence-corrected chi connectivity index (χ0v) is 26.0. The van der Waals surface area contributed by atoms with E-state index in [9.17, 15) is 29.1 Å². The molecule has 0 saturated carbocycles. The molecule has 1 aliphatic rings. The van der Waals surface area contributed by atoms with E-state index in [0.717, 1.165) is 12.8 Å². The molecule has 0 spiro atoms. The predicted molar refractivity (Wildman–Crippen MR) is 157 cm³/mol. The van der Waals surface area contributed by atoms with E-state index in [1.54, 1.807) is 20.8 Å². The van der Waals surface area contributed by atoms with Crippen molar-refractivity contribution in [1.82, 2.24) is 26.2 Å². The summed E-state index contributed by atoms with van der Waals surface area (Å²) in [6.07, 6.45) is 1.21.